The molecule has 1 N–H and O–H groups in total. The number of aryl methyl sites for hydroxylation is 2. The van der Waals surface area contributed by atoms with Crippen LogP contribution in [-0.2, 0) is 19.4 Å². The molecule has 0 radical (unpaired) electrons. The third-order valence-electron chi connectivity index (χ3n) is 5.29. The number of nitrogens with one attached hydrogen (secondary N) is 1. The lowest BCUT2D eigenvalue weighted by atomic mass is 10.1. The lowest BCUT2D eigenvalue weighted by Crippen LogP contribution is -2.08. The molecule has 29 heavy (non-hydrogen) atoms. The first-order valence-electron chi connectivity index (χ1n) is 9.61. The number of anilines is 1. The highest BCUT2D eigenvalue weighted by molar-refractivity contribution is 7.19. The fraction of sp³-hybridized carbons (Fsp3) is 0.190. The van der Waals surface area contributed by atoms with Gasteiger partial charge in [0.1, 0.15) is 10.6 Å². The van der Waals surface area contributed by atoms with E-state index in [1.54, 1.807) is 23.7 Å². The molecule has 0 saturated carbocycles. The summed E-state index contributed by atoms with van der Waals surface area (Å²) in [6, 6.07) is 7.79. The topological polar surface area (TPSA) is 80.9 Å². The van der Waals surface area contributed by atoms with Crippen LogP contribution in [0.1, 0.15) is 22.6 Å². The Labute approximate surface area is 170 Å². The molecule has 0 saturated heterocycles. The van der Waals surface area contributed by atoms with Gasteiger partial charge in [0.25, 0.3) is 0 Å². The van der Waals surface area contributed by atoms with Gasteiger partial charge in [0.15, 0.2) is 11.5 Å². The Morgan fingerprint density at radius 3 is 3.00 bits per heavy atom. The minimum atomic E-state index is 0.601. The molecular weight excluding hydrogens is 382 g/mol. The van der Waals surface area contributed by atoms with Gasteiger partial charge in [-0.05, 0) is 43.0 Å². The van der Waals surface area contributed by atoms with E-state index >= 15 is 0 Å². The predicted molar refractivity (Wildman–Crippen MR) is 113 cm³/mol. The predicted octanol–water partition coefficient (Wildman–Crippen LogP) is 3.90. The molecule has 8 heteroatoms. The van der Waals surface area contributed by atoms with Crippen molar-refractivity contribution in [1.82, 2.24) is 29.5 Å². The zero-order chi connectivity index (χ0) is 19.2. The van der Waals surface area contributed by atoms with Crippen molar-refractivity contribution in [2.24, 2.45) is 0 Å². The van der Waals surface area contributed by atoms with E-state index in [0.717, 1.165) is 40.4 Å². The lowest BCUT2D eigenvalue weighted by Gasteiger charge is -2.11. The molecule has 0 aliphatic heterocycles. The zero-order valence-corrected chi connectivity index (χ0v) is 16.4. The molecular formula is C21H17N7S. The smallest absolute Gasteiger partial charge is 0.164 e. The third kappa shape index (κ3) is 2.75. The second-order valence-electron chi connectivity index (χ2n) is 7.07. The molecule has 0 fully saturated rings. The molecule has 6 rings (SSSR count). The second-order valence-corrected chi connectivity index (χ2v) is 8.15. The van der Waals surface area contributed by atoms with E-state index in [1.807, 2.05) is 41.2 Å². The van der Waals surface area contributed by atoms with Gasteiger partial charge in [-0.15, -0.1) is 11.3 Å². The normalized spacial score (nSPS) is 13.2. The number of aromatic nitrogens is 6. The zero-order valence-electron chi connectivity index (χ0n) is 15.5. The minimum Gasteiger partial charge on any atom is -0.364 e. The maximum Gasteiger partial charge on any atom is 0.164 e. The number of fused-ring (bicyclic) bond motifs is 4. The fourth-order valence-electron chi connectivity index (χ4n) is 3.94. The van der Waals surface area contributed by atoms with Crippen LogP contribution in [0.15, 0.2) is 49.1 Å². The van der Waals surface area contributed by atoms with Crippen LogP contribution >= 0.6 is 11.3 Å². The maximum atomic E-state index is 4.90. The molecule has 0 aromatic carbocycles. The summed E-state index contributed by atoms with van der Waals surface area (Å²) in [5, 5.41) is 9.11. The maximum absolute atomic E-state index is 4.90. The van der Waals surface area contributed by atoms with E-state index in [9.17, 15) is 0 Å². The Morgan fingerprint density at radius 1 is 1.07 bits per heavy atom. The summed E-state index contributed by atoms with van der Waals surface area (Å²) >= 11 is 1.80. The summed E-state index contributed by atoms with van der Waals surface area (Å²) in [7, 11) is 0. The van der Waals surface area contributed by atoms with Gasteiger partial charge in [-0.2, -0.15) is 5.10 Å². The number of pyridine rings is 1. The van der Waals surface area contributed by atoms with Crippen LogP contribution in [0.3, 0.4) is 0 Å². The first-order valence-corrected chi connectivity index (χ1v) is 10.4. The molecule has 5 heterocycles. The van der Waals surface area contributed by atoms with E-state index in [1.165, 1.54) is 22.2 Å². The Morgan fingerprint density at radius 2 is 2.07 bits per heavy atom. The van der Waals surface area contributed by atoms with Crippen LogP contribution in [0.4, 0.5) is 5.82 Å². The Balaban J connectivity index is 1.46. The summed E-state index contributed by atoms with van der Waals surface area (Å²) in [5.74, 6) is 1.58. The van der Waals surface area contributed by atoms with Gasteiger partial charge >= 0.3 is 0 Å². The molecule has 0 bridgehead atoms. The molecule has 5 aromatic rings. The summed E-state index contributed by atoms with van der Waals surface area (Å²) < 4.78 is 1.85. The van der Waals surface area contributed by atoms with E-state index in [2.05, 4.69) is 20.4 Å². The van der Waals surface area contributed by atoms with Crippen molar-refractivity contribution in [2.45, 2.75) is 25.8 Å². The van der Waals surface area contributed by atoms with Gasteiger partial charge < -0.3 is 5.32 Å². The van der Waals surface area contributed by atoms with E-state index in [4.69, 9.17) is 9.97 Å². The molecule has 0 atom stereocenters. The molecule has 142 valence electrons. The van der Waals surface area contributed by atoms with Crippen LogP contribution in [0.2, 0.25) is 0 Å². The first-order chi connectivity index (χ1) is 14.4. The summed E-state index contributed by atoms with van der Waals surface area (Å²) in [6.45, 7) is 0.601. The molecule has 7 nitrogen and oxygen atoms in total. The van der Waals surface area contributed by atoms with Crippen LogP contribution in [0.5, 0.6) is 0 Å². The summed E-state index contributed by atoms with van der Waals surface area (Å²) in [6.07, 6.45) is 10.6. The van der Waals surface area contributed by atoms with E-state index in [-0.39, 0.29) is 0 Å². The van der Waals surface area contributed by atoms with Crippen LogP contribution in [-0.4, -0.2) is 29.5 Å². The SMILES string of the molecule is c1cncc(-c2nc(NCc3ccnc4ccnn34)c3c4c(sc3n2)CCC4)c1. The molecule has 1 aliphatic rings. The molecule has 5 aromatic heterocycles. The highest BCUT2D eigenvalue weighted by Crippen LogP contribution is 2.40. The van der Waals surface area contributed by atoms with Gasteiger partial charge in [0.05, 0.1) is 23.8 Å². The average Bonchev–Trinajstić information content (AvgIpc) is 3.48. The van der Waals surface area contributed by atoms with Crippen molar-refractivity contribution in [3.8, 4) is 11.4 Å². The highest BCUT2D eigenvalue weighted by atomic mass is 32.1. The van der Waals surface area contributed by atoms with Crippen molar-refractivity contribution in [2.75, 3.05) is 5.32 Å². The quantitative estimate of drug-likeness (QED) is 0.494. The number of rotatable bonds is 4. The van der Waals surface area contributed by atoms with Crippen LogP contribution < -0.4 is 5.32 Å². The Kier molecular flexibility index (Phi) is 3.76. The largest absolute Gasteiger partial charge is 0.364 e. The van der Waals surface area contributed by atoms with E-state index in [0.29, 0.717) is 12.4 Å². The first kappa shape index (κ1) is 16.6. The van der Waals surface area contributed by atoms with Gasteiger partial charge in [0.2, 0.25) is 0 Å². The van der Waals surface area contributed by atoms with Crippen molar-refractivity contribution in [3.63, 3.8) is 0 Å². The van der Waals surface area contributed by atoms with E-state index < -0.39 is 0 Å². The highest BCUT2D eigenvalue weighted by Gasteiger charge is 2.22. The third-order valence-corrected chi connectivity index (χ3v) is 6.48. The van der Waals surface area contributed by atoms with Crippen LogP contribution in [0.25, 0.3) is 27.3 Å². The fourth-order valence-corrected chi connectivity index (χ4v) is 5.20. The van der Waals surface area contributed by atoms with Gasteiger partial charge in [-0.3, -0.25) is 4.98 Å². The van der Waals surface area contributed by atoms with Crippen molar-refractivity contribution >= 4 is 33.0 Å². The van der Waals surface area contributed by atoms with Crippen molar-refractivity contribution in [3.05, 3.63) is 65.2 Å². The second kappa shape index (κ2) is 6.59. The van der Waals surface area contributed by atoms with Gasteiger partial charge in [0, 0.05) is 35.1 Å². The van der Waals surface area contributed by atoms with Crippen LogP contribution in [0, 0.1) is 0 Å². The Hall–Kier alpha value is -3.39. The summed E-state index contributed by atoms with van der Waals surface area (Å²) in [4.78, 5) is 20.8. The number of hydrogen-bond donors (Lipinski definition) is 1. The average molecular weight is 399 g/mol. The van der Waals surface area contributed by atoms with Crippen molar-refractivity contribution in [1.29, 1.82) is 0 Å². The molecule has 0 amide bonds. The molecule has 0 spiro atoms. The van der Waals surface area contributed by atoms with Gasteiger partial charge in [-0.25, -0.2) is 19.5 Å². The lowest BCUT2D eigenvalue weighted by molar-refractivity contribution is 0.852. The molecule has 0 unspecified atom stereocenters. The monoisotopic (exact) mass is 399 g/mol. The number of hydrogen-bond acceptors (Lipinski definition) is 7. The van der Waals surface area contributed by atoms with Crippen molar-refractivity contribution < 1.29 is 0 Å². The standard InChI is InChI=1S/C21H17N7S/c1-4-15-16(5-1)29-21-18(15)20(26-19(27-21)13-3-2-8-22-11-13)24-12-14-6-9-23-17-7-10-25-28(14)17/h2-3,6-11H,1,4-5,12H2,(H,24,26,27). The Bertz CT molecular complexity index is 1340. The number of thiophene rings is 1. The summed E-state index contributed by atoms with van der Waals surface area (Å²) in [5.41, 5.74) is 4.19. The minimum absolute atomic E-state index is 0.601. The van der Waals surface area contributed by atoms with Gasteiger partial charge in [-0.1, -0.05) is 0 Å². The number of nitrogens with zero attached hydrogens (tertiary/aromatic N) is 6. The molecule has 1 aliphatic carbocycles.